The van der Waals surface area contributed by atoms with E-state index in [9.17, 15) is 0 Å². The predicted molar refractivity (Wildman–Crippen MR) is 49.4 cm³/mol. The van der Waals surface area contributed by atoms with Gasteiger partial charge in [0, 0.05) is 5.75 Å². The molecule has 0 aromatic carbocycles. The molecule has 3 N–H and O–H groups in total. The molecule has 0 aromatic rings. The molecule has 0 saturated carbocycles. The smallest absolute Gasteiger partial charge is 0.367 e. The Morgan fingerprint density at radius 2 is 2.10 bits per heavy atom. The molecule has 3 nitrogen and oxygen atoms in total. The van der Waals surface area contributed by atoms with Gasteiger partial charge in [-0.2, -0.15) is 12.6 Å². The Labute approximate surface area is 69.6 Å². The molecule has 1 unspecified atom stereocenters. The second-order valence-electron chi connectivity index (χ2n) is 1.97. The Balaban J connectivity index is 3.73. The Hall–Kier alpha value is 0.880. The Bertz CT molecular complexity index is 135. The third-order valence-electron chi connectivity index (χ3n) is 0.722. The van der Waals surface area contributed by atoms with Crippen LogP contribution in [-0.2, 0) is 10.9 Å². The summed E-state index contributed by atoms with van der Waals surface area (Å²) in [6.07, 6.45) is -0.549. The lowest BCUT2D eigenvalue weighted by atomic mass is 10.5. The molecule has 0 amide bonds. The van der Waals surface area contributed by atoms with Crippen LogP contribution >= 0.6 is 19.1 Å². The van der Waals surface area contributed by atoms with Crippen molar-refractivity contribution in [3.05, 3.63) is 0 Å². The molecule has 0 fully saturated rings. The Morgan fingerprint density at radius 3 is 2.40 bits per heavy atom. The van der Waals surface area contributed by atoms with Gasteiger partial charge >= 0.3 is 6.49 Å². The molecule has 0 saturated heterocycles. The van der Waals surface area contributed by atoms with Gasteiger partial charge in [-0.25, -0.2) is 0 Å². The van der Waals surface area contributed by atoms with Gasteiger partial charge in [0.1, 0.15) is 6.10 Å². The summed E-state index contributed by atoms with van der Waals surface area (Å²) in [6, 6.07) is 0. The average Bonchev–Trinajstić information content (AvgIpc) is 1.81. The monoisotopic (exact) mass is 203 g/mol. The predicted octanol–water partition coefficient (Wildman–Crippen LogP) is -0.263. The van der Waals surface area contributed by atoms with Crippen LogP contribution < -0.4 is 0 Å². The van der Waals surface area contributed by atoms with Crippen molar-refractivity contribution < 1.29 is 14.9 Å². The van der Waals surface area contributed by atoms with E-state index >= 15 is 0 Å². The van der Waals surface area contributed by atoms with Gasteiger partial charge in [-0.3, -0.25) is 0 Å². The maximum atomic E-state index is 8.92. The minimum absolute atomic E-state index is 0.334. The van der Waals surface area contributed by atoms with Crippen LogP contribution in [-0.4, -0.2) is 39.2 Å². The molecule has 6 heteroatoms. The summed E-state index contributed by atoms with van der Waals surface area (Å²) in [5.74, 6) is 0.688. The third kappa shape index (κ3) is 6.99. The van der Waals surface area contributed by atoms with Crippen LogP contribution in [0, 0.1) is 0 Å². The van der Waals surface area contributed by atoms with Crippen molar-refractivity contribution in [1.29, 1.82) is 0 Å². The van der Waals surface area contributed by atoms with E-state index in [0.29, 0.717) is 11.5 Å². The van der Waals surface area contributed by atoms with Crippen LogP contribution in [0.25, 0.3) is 0 Å². The SMILES string of the molecule is CP(O)(O)=[S+]CC(O)CS. The Kier molecular flexibility index (Phi) is 5.11. The first kappa shape index (κ1) is 10.9. The van der Waals surface area contributed by atoms with Gasteiger partial charge in [-0.05, 0) is 0 Å². The largest absolute Gasteiger partial charge is 0.387 e. The van der Waals surface area contributed by atoms with Gasteiger partial charge in [-0.1, -0.05) is 0 Å². The first-order valence-corrected chi connectivity index (χ1v) is 7.07. The highest BCUT2D eigenvalue weighted by molar-refractivity contribution is 8.18. The molecule has 10 heavy (non-hydrogen) atoms. The molecule has 0 aliphatic carbocycles. The summed E-state index contributed by atoms with van der Waals surface area (Å²) in [5.41, 5.74) is 0. The molecule has 0 heterocycles. The van der Waals surface area contributed by atoms with E-state index in [4.69, 9.17) is 14.9 Å². The molecule has 0 aliphatic heterocycles. The second-order valence-corrected chi connectivity index (χ2v) is 7.44. The Morgan fingerprint density at radius 1 is 1.60 bits per heavy atom. The first-order valence-electron chi connectivity index (χ1n) is 2.71. The molecule has 0 rings (SSSR count). The zero-order valence-corrected chi connectivity index (χ0v) is 8.24. The summed E-state index contributed by atoms with van der Waals surface area (Å²) >= 11 is 3.83. The fraction of sp³-hybridized carbons (Fsp3) is 1.00. The second kappa shape index (κ2) is 4.70. The lowest BCUT2D eigenvalue weighted by Crippen LogP contribution is -2.13. The van der Waals surface area contributed by atoms with E-state index < -0.39 is 12.6 Å². The maximum Gasteiger partial charge on any atom is 0.367 e. The molecule has 0 aromatic heterocycles. The lowest BCUT2D eigenvalue weighted by molar-refractivity contribution is 0.225. The number of aliphatic hydroxyl groups excluding tert-OH is 1. The fourth-order valence-electron chi connectivity index (χ4n) is 0.280. The fourth-order valence-corrected chi connectivity index (χ4v) is 2.52. The van der Waals surface area contributed by atoms with Crippen molar-refractivity contribution in [2.45, 2.75) is 6.10 Å². The minimum atomic E-state index is -2.76. The van der Waals surface area contributed by atoms with Crippen LogP contribution in [0.4, 0.5) is 0 Å². The van der Waals surface area contributed by atoms with Crippen molar-refractivity contribution in [1.82, 2.24) is 0 Å². The summed E-state index contributed by atoms with van der Waals surface area (Å²) < 4.78 is 0. The van der Waals surface area contributed by atoms with Crippen molar-refractivity contribution >= 4 is 30.1 Å². The molecule has 0 spiro atoms. The van der Waals surface area contributed by atoms with E-state index in [0.717, 1.165) is 10.9 Å². The van der Waals surface area contributed by atoms with Crippen molar-refractivity contribution in [2.75, 3.05) is 18.2 Å². The number of thiol groups is 1. The summed E-state index contributed by atoms with van der Waals surface area (Å²) in [5, 5.41) is 8.92. The standard InChI is InChI=1S/C4H11O3PS2/c1-8(6,7)10-3-4(5)2-9/h4-5H,2-3H2,1H3,(H2-,6,7,9)/p+1. The zero-order chi connectivity index (χ0) is 8.20. The quantitative estimate of drug-likeness (QED) is 0.290. The van der Waals surface area contributed by atoms with Gasteiger partial charge in [0.15, 0.2) is 0 Å². The maximum absolute atomic E-state index is 8.92. The molecular weight excluding hydrogens is 191 g/mol. The number of aliphatic hydroxyl groups is 1. The molecule has 0 radical (unpaired) electrons. The van der Waals surface area contributed by atoms with Crippen molar-refractivity contribution in [3.63, 3.8) is 0 Å². The van der Waals surface area contributed by atoms with Crippen LogP contribution in [0.15, 0.2) is 0 Å². The molecule has 62 valence electrons. The zero-order valence-electron chi connectivity index (χ0n) is 5.64. The molecular formula is C4H12O3PS2+. The van der Waals surface area contributed by atoms with Crippen LogP contribution in [0.2, 0.25) is 0 Å². The molecule has 0 bridgehead atoms. The summed E-state index contributed by atoms with van der Waals surface area (Å²) in [6.45, 7) is -1.40. The van der Waals surface area contributed by atoms with Gasteiger partial charge < -0.3 is 14.9 Å². The van der Waals surface area contributed by atoms with Crippen molar-refractivity contribution in [3.8, 4) is 0 Å². The third-order valence-corrected chi connectivity index (χ3v) is 4.08. The van der Waals surface area contributed by atoms with E-state index in [1.165, 1.54) is 6.66 Å². The number of hydrogen-bond donors (Lipinski definition) is 4. The van der Waals surface area contributed by atoms with E-state index in [2.05, 4.69) is 12.6 Å². The van der Waals surface area contributed by atoms with E-state index in [1.807, 2.05) is 0 Å². The first-order chi connectivity index (χ1) is 4.45. The summed E-state index contributed by atoms with van der Waals surface area (Å²) in [7, 11) is 0.990. The topological polar surface area (TPSA) is 60.7 Å². The van der Waals surface area contributed by atoms with Crippen molar-refractivity contribution in [2.24, 2.45) is 0 Å². The average molecular weight is 203 g/mol. The molecule has 0 aliphatic rings. The van der Waals surface area contributed by atoms with Gasteiger partial charge in [-0.15, -0.1) is 0 Å². The number of rotatable bonds is 3. The van der Waals surface area contributed by atoms with E-state index in [-0.39, 0.29) is 0 Å². The summed E-state index contributed by atoms with van der Waals surface area (Å²) in [4.78, 5) is 17.7. The van der Waals surface area contributed by atoms with Crippen LogP contribution in [0.1, 0.15) is 0 Å². The number of hydrogen-bond acceptors (Lipinski definition) is 2. The van der Waals surface area contributed by atoms with Crippen LogP contribution in [0.5, 0.6) is 0 Å². The lowest BCUT2D eigenvalue weighted by Gasteiger charge is -1.95. The minimum Gasteiger partial charge on any atom is -0.387 e. The van der Waals surface area contributed by atoms with E-state index in [1.54, 1.807) is 0 Å². The van der Waals surface area contributed by atoms with Gasteiger partial charge in [0.2, 0.25) is 16.7 Å². The van der Waals surface area contributed by atoms with Gasteiger partial charge in [0.05, 0.1) is 6.66 Å². The highest BCUT2D eigenvalue weighted by atomic mass is 32.5. The highest BCUT2D eigenvalue weighted by Crippen LogP contribution is 2.31. The normalized spacial score (nSPS) is 14.9. The van der Waals surface area contributed by atoms with Gasteiger partial charge in [0.25, 0.3) is 0 Å². The highest BCUT2D eigenvalue weighted by Gasteiger charge is 2.17. The molecule has 1 atom stereocenters. The van der Waals surface area contributed by atoms with Crippen LogP contribution in [0.3, 0.4) is 0 Å².